The van der Waals surface area contributed by atoms with Crippen molar-refractivity contribution in [3.63, 3.8) is 0 Å². The monoisotopic (exact) mass is 361 g/mol. The number of aromatic nitrogens is 2. The third-order valence-electron chi connectivity index (χ3n) is 4.31. The van der Waals surface area contributed by atoms with Crippen LogP contribution in [0.1, 0.15) is 21.9 Å². The second-order valence-corrected chi connectivity index (χ2v) is 6.33. The van der Waals surface area contributed by atoms with Crippen LogP contribution in [0.4, 0.5) is 5.69 Å². The first-order chi connectivity index (χ1) is 13.0. The first-order valence-corrected chi connectivity index (χ1v) is 8.57. The van der Waals surface area contributed by atoms with Gasteiger partial charge >= 0.3 is 0 Å². The Morgan fingerprint density at radius 1 is 1.11 bits per heavy atom. The number of aryl methyl sites for hydroxylation is 2. The number of methoxy groups -OCH3 is 1. The summed E-state index contributed by atoms with van der Waals surface area (Å²) in [7, 11) is 1.57. The SMILES string of the molecule is COc1cccc2cc(C(=O)Nc3cccc(-n4nc(C)cc4C)c3)oc12. The first-order valence-electron chi connectivity index (χ1n) is 8.57. The molecule has 2 aromatic heterocycles. The normalized spacial score (nSPS) is 10.9. The van der Waals surface area contributed by atoms with E-state index in [1.807, 2.05) is 61.0 Å². The predicted molar refractivity (Wildman–Crippen MR) is 104 cm³/mol. The van der Waals surface area contributed by atoms with E-state index >= 15 is 0 Å². The molecule has 0 aliphatic heterocycles. The Hall–Kier alpha value is -3.54. The number of carbonyl (C=O) groups excluding carboxylic acids is 1. The summed E-state index contributed by atoms with van der Waals surface area (Å²) in [6.07, 6.45) is 0. The van der Waals surface area contributed by atoms with Crippen LogP contribution in [0.3, 0.4) is 0 Å². The maximum absolute atomic E-state index is 12.6. The Morgan fingerprint density at radius 3 is 2.67 bits per heavy atom. The molecule has 0 atom stereocenters. The Bertz CT molecular complexity index is 1140. The number of nitrogens with zero attached hydrogens (tertiary/aromatic N) is 2. The van der Waals surface area contributed by atoms with Crippen LogP contribution in [-0.4, -0.2) is 22.8 Å². The zero-order valence-corrected chi connectivity index (χ0v) is 15.3. The van der Waals surface area contributed by atoms with Gasteiger partial charge in [0, 0.05) is 16.8 Å². The average Bonchev–Trinajstić information content (AvgIpc) is 3.24. The molecule has 1 amide bonds. The number of ether oxygens (including phenoxy) is 1. The van der Waals surface area contributed by atoms with Gasteiger partial charge in [-0.25, -0.2) is 4.68 Å². The first kappa shape index (κ1) is 16.9. The van der Waals surface area contributed by atoms with Crippen molar-refractivity contribution in [2.24, 2.45) is 0 Å². The lowest BCUT2D eigenvalue weighted by molar-refractivity contribution is 0.0998. The van der Waals surface area contributed by atoms with Crippen molar-refractivity contribution < 1.29 is 13.9 Å². The Labute approximate surface area is 156 Å². The van der Waals surface area contributed by atoms with Crippen molar-refractivity contribution in [2.45, 2.75) is 13.8 Å². The van der Waals surface area contributed by atoms with E-state index in [1.165, 1.54) is 0 Å². The Morgan fingerprint density at radius 2 is 1.93 bits per heavy atom. The molecule has 0 radical (unpaired) electrons. The Kier molecular flexibility index (Phi) is 4.16. The number of anilines is 1. The molecule has 136 valence electrons. The van der Waals surface area contributed by atoms with Gasteiger partial charge < -0.3 is 14.5 Å². The van der Waals surface area contributed by atoms with Crippen molar-refractivity contribution in [3.8, 4) is 11.4 Å². The third kappa shape index (κ3) is 3.17. The number of rotatable bonds is 4. The smallest absolute Gasteiger partial charge is 0.291 e. The highest BCUT2D eigenvalue weighted by molar-refractivity contribution is 6.05. The van der Waals surface area contributed by atoms with E-state index in [2.05, 4.69) is 10.4 Å². The molecule has 1 N–H and O–H groups in total. The number of amides is 1. The van der Waals surface area contributed by atoms with E-state index in [0.29, 0.717) is 17.0 Å². The largest absolute Gasteiger partial charge is 0.493 e. The molecule has 0 bridgehead atoms. The summed E-state index contributed by atoms with van der Waals surface area (Å²) in [6.45, 7) is 3.94. The van der Waals surface area contributed by atoms with E-state index < -0.39 is 0 Å². The summed E-state index contributed by atoms with van der Waals surface area (Å²) >= 11 is 0. The number of fused-ring (bicyclic) bond motifs is 1. The van der Waals surface area contributed by atoms with Crippen LogP contribution in [0.15, 0.2) is 59.0 Å². The van der Waals surface area contributed by atoms with E-state index in [1.54, 1.807) is 19.2 Å². The second kappa shape index (κ2) is 6.64. The fourth-order valence-corrected chi connectivity index (χ4v) is 3.11. The number of hydrogen-bond donors (Lipinski definition) is 1. The summed E-state index contributed by atoms with van der Waals surface area (Å²) in [5.74, 6) is 0.503. The summed E-state index contributed by atoms with van der Waals surface area (Å²) in [5, 5.41) is 8.17. The van der Waals surface area contributed by atoms with Crippen LogP contribution >= 0.6 is 0 Å². The molecule has 4 aromatic rings. The lowest BCUT2D eigenvalue weighted by Gasteiger charge is -2.08. The van der Waals surface area contributed by atoms with Gasteiger partial charge in [0.15, 0.2) is 17.1 Å². The molecule has 0 fully saturated rings. The van der Waals surface area contributed by atoms with E-state index in [0.717, 1.165) is 22.5 Å². The molecule has 0 saturated carbocycles. The molecule has 6 nitrogen and oxygen atoms in total. The molecule has 27 heavy (non-hydrogen) atoms. The third-order valence-corrected chi connectivity index (χ3v) is 4.31. The van der Waals surface area contributed by atoms with Crippen LogP contribution in [-0.2, 0) is 0 Å². The van der Waals surface area contributed by atoms with Crippen LogP contribution in [0.5, 0.6) is 5.75 Å². The van der Waals surface area contributed by atoms with Crippen molar-refractivity contribution in [1.82, 2.24) is 9.78 Å². The molecule has 0 spiro atoms. The van der Waals surface area contributed by atoms with Gasteiger partial charge in [-0.3, -0.25) is 4.79 Å². The van der Waals surface area contributed by atoms with Crippen molar-refractivity contribution in [3.05, 3.63) is 71.7 Å². The van der Waals surface area contributed by atoms with E-state index in [4.69, 9.17) is 9.15 Å². The number of hydrogen-bond acceptors (Lipinski definition) is 4. The molecule has 6 heteroatoms. The van der Waals surface area contributed by atoms with Gasteiger partial charge in [0.1, 0.15) is 0 Å². The standard InChI is InChI=1S/C21H19N3O3/c1-13-10-14(2)24(23-13)17-8-5-7-16(12-17)22-21(25)19-11-15-6-4-9-18(26-3)20(15)27-19/h4-12H,1-3H3,(H,22,25). The van der Waals surface area contributed by atoms with Gasteiger partial charge in [-0.1, -0.05) is 18.2 Å². The van der Waals surface area contributed by atoms with E-state index in [-0.39, 0.29) is 11.7 Å². The molecule has 2 aromatic carbocycles. The number of furan rings is 1. The fourth-order valence-electron chi connectivity index (χ4n) is 3.11. The number of benzene rings is 2. The zero-order chi connectivity index (χ0) is 19.0. The van der Waals surface area contributed by atoms with Crippen LogP contribution in [0.25, 0.3) is 16.7 Å². The quantitative estimate of drug-likeness (QED) is 0.581. The van der Waals surface area contributed by atoms with Gasteiger partial charge in [0.2, 0.25) is 0 Å². The van der Waals surface area contributed by atoms with Gasteiger partial charge in [0.05, 0.1) is 18.5 Å². The van der Waals surface area contributed by atoms with Gasteiger partial charge in [-0.05, 0) is 50.2 Å². The molecule has 0 aliphatic carbocycles. The molecular formula is C21H19N3O3. The summed E-state index contributed by atoms with van der Waals surface area (Å²) in [5.41, 5.74) is 4.07. The highest BCUT2D eigenvalue weighted by Crippen LogP contribution is 2.29. The van der Waals surface area contributed by atoms with Gasteiger partial charge in [-0.2, -0.15) is 5.10 Å². The fraction of sp³-hybridized carbons (Fsp3) is 0.143. The maximum Gasteiger partial charge on any atom is 0.291 e. The second-order valence-electron chi connectivity index (χ2n) is 6.33. The molecule has 0 unspecified atom stereocenters. The van der Waals surface area contributed by atoms with Crippen molar-refractivity contribution in [1.29, 1.82) is 0 Å². The zero-order valence-electron chi connectivity index (χ0n) is 15.3. The highest BCUT2D eigenvalue weighted by atomic mass is 16.5. The number of nitrogens with one attached hydrogen (secondary N) is 1. The van der Waals surface area contributed by atoms with Crippen LogP contribution < -0.4 is 10.1 Å². The lowest BCUT2D eigenvalue weighted by atomic mass is 10.2. The number of para-hydroxylation sites is 1. The molecule has 0 saturated heterocycles. The van der Waals surface area contributed by atoms with Crippen molar-refractivity contribution >= 4 is 22.6 Å². The summed E-state index contributed by atoms with van der Waals surface area (Å²) in [4.78, 5) is 12.6. The Balaban J connectivity index is 1.62. The minimum absolute atomic E-state index is 0.228. The minimum Gasteiger partial charge on any atom is -0.493 e. The molecule has 4 rings (SSSR count). The highest BCUT2D eigenvalue weighted by Gasteiger charge is 2.15. The molecule has 0 aliphatic rings. The van der Waals surface area contributed by atoms with Crippen molar-refractivity contribution in [2.75, 3.05) is 12.4 Å². The van der Waals surface area contributed by atoms with Crippen LogP contribution in [0, 0.1) is 13.8 Å². The van der Waals surface area contributed by atoms with Gasteiger partial charge in [-0.15, -0.1) is 0 Å². The molecule has 2 heterocycles. The lowest BCUT2D eigenvalue weighted by Crippen LogP contribution is -2.11. The topological polar surface area (TPSA) is 69.3 Å². The average molecular weight is 361 g/mol. The minimum atomic E-state index is -0.321. The summed E-state index contributed by atoms with van der Waals surface area (Å²) in [6, 6.07) is 16.8. The molecular weight excluding hydrogens is 342 g/mol. The number of carbonyl (C=O) groups is 1. The van der Waals surface area contributed by atoms with Crippen LogP contribution in [0.2, 0.25) is 0 Å². The van der Waals surface area contributed by atoms with E-state index in [9.17, 15) is 4.79 Å². The predicted octanol–water partition coefficient (Wildman–Crippen LogP) is 4.50. The summed E-state index contributed by atoms with van der Waals surface area (Å²) < 4.78 is 12.8. The van der Waals surface area contributed by atoms with Gasteiger partial charge in [0.25, 0.3) is 5.91 Å². The maximum atomic E-state index is 12.6.